The molecule has 0 unspecified atom stereocenters. The molecular formula is C20H14BrN3O3. The van der Waals surface area contributed by atoms with Gasteiger partial charge in [0.15, 0.2) is 22.7 Å². The molecule has 0 fully saturated rings. The van der Waals surface area contributed by atoms with Crippen molar-refractivity contribution in [3.8, 4) is 23.0 Å². The van der Waals surface area contributed by atoms with Gasteiger partial charge in [-0.25, -0.2) is 4.98 Å². The molecule has 4 aromatic rings. The number of benzene rings is 2. The molecule has 0 aliphatic heterocycles. The van der Waals surface area contributed by atoms with Crippen LogP contribution in [0.2, 0.25) is 0 Å². The first kappa shape index (κ1) is 17.2. The van der Waals surface area contributed by atoms with Crippen LogP contribution in [0.3, 0.4) is 0 Å². The monoisotopic (exact) mass is 423 g/mol. The quantitative estimate of drug-likeness (QED) is 0.460. The van der Waals surface area contributed by atoms with Gasteiger partial charge in [0.25, 0.3) is 0 Å². The van der Waals surface area contributed by atoms with E-state index in [-0.39, 0.29) is 5.75 Å². The van der Waals surface area contributed by atoms with Crippen LogP contribution >= 0.6 is 15.9 Å². The highest BCUT2D eigenvalue weighted by atomic mass is 79.9. The lowest BCUT2D eigenvalue weighted by Gasteiger charge is -2.06. The Labute approximate surface area is 163 Å². The van der Waals surface area contributed by atoms with E-state index < -0.39 is 0 Å². The summed E-state index contributed by atoms with van der Waals surface area (Å²) in [5, 5.41) is 10.2. The molecule has 4 rings (SSSR count). The fraction of sp³-hybridized carbons (Fsp3) is 0.0500. The topological polar surface area (TPSA) is 80.7 Å². The van der Waals surface area contributed by atoms with Crippen LogP contribution in [-0.2, 0) is 0 Å². The number of phenols is 1. The van der Waals surface area contributed by atoms with E-state index in [0.29, 0.717) is 28.4 Å². The summed E-state index contributed by atoms with van der Waals surface area (Å²) in [4.78, 5) is 13.0. The van der Waals surface area contributed by atoms with Crippen molar-refractivity contribution in [3.05, 3.63) is 64.8 Å². The van der Waals surface area contributed by atoms with Gasteiger partial charge in [0.05, 0.1) is 12.8 Å². The average Bonchev–Trinajstić information content (AvgIpc) is 3.13. The van der Waals surface area contributed by atoms with Gasteiger partial charge in [-0.05, 0) is 48.5 Å². The first-order chi connectivity index (χ1) is 13.1. The highest BCUT2D eigenvalue weighted by molar-refractivity contribution is 9.10. The summed E-state index contributed by atoms with van der Waals surface area (Å²) in [5.74, 6) is 0.930. The van der Waals surface area contributed by atoms with E-state index >= 15 is 0 Å². The molecule has 134 valence electrons. The number of aliphatic imine (C=N–C) groups is 1. The third-order valence-corrected chi connectivity index (χ3v) is 4.38. The zero-order valence-corrected chi connectivity index (χ0v) is 15.8. The SMILES string of the molecule is COc1cc(Br)cc(C=Nc2ccc(-c3nc4ncccc4o3)cc2)c1O. The molecule has 0 saturated carbocycles. The molecule has 0 atom stereocenters. The van der Waals surface area contributed by atoms with Crippen LogP contribution in [0.15, 0.2) is 68.6 Å². The molecule has 2 heterocycles. The molecule has 0 radical (unpaired) electrons. The van der Waals surface area contributed by atoms with Gasteiger partial charge in [0.1, 0.15) is 0 Å². The van der Waals surface area contributed by atoms with Crippen LogP contribution in [0.1, 0.15) is 5.56 Å². The van der Waals surface area contributed by atoms with Crippen molar-refractivity contribution in [1.82, 2.24) is 9.97 Å². The van der Waals surface area contributed by atoms with Crippen molar-refractivity contribution in [2.24, 2.45) is 4.99 Å². The Morgan fingerprint density at radius 3 is 2.74 bits per heavy atom. The summed E-state index contributed by atoms with van der Waals surface area (Å²) in [6.07, 6.45) is 3.26. The first-order valence-corrected chi connectivity index (χ1v) is 8.86. The van der Waals surface area contributed by atoms with Crippen molar-refractivity contribution < 1.29 is 14.3 Å². The first-order valence-electron chi connectivity index (χ1n) is 8.06. The number of hydrogen-bond donors (Lipinski definition) is 1. The van der Waals surface area contributed by atoms with E-state index in [0.717, 1.165) is 15.7 Å². The number of aromatic nitrogens is 2. The summed E-state index contributed by atoms with van der Waals surface area (Å²) in [5.41, 5.74) is 3.34. The summed E-state index contributed by atoms with van der Waals surface area (Å²) >= 11 is 3.39. The largest absolute Gasteiger partial charge is 0.504 e. The Kier molecular flexibility index (Phi) is 4.60. The highest BCUT2D eigenvalue weighted by Gasteiger charge is 2.09. The zero-order valence-electron chi connectivity index (χ0n) is 14.3. The fourth-order valence-electron chi connectivity index (χ4n) is 2.58. The Morgan fingerprint density at radius 2 is 2.00 bits per heavy atom. The predicted molar refractivity (Wildman–Crippen MR) is 107 cm³/mol. The third-order valence-electron chi connectivity index (χ3n) is 3.92. The second kappa shape index (κ2) is 7.20. The minimum absolute atomic E-state index is 0.0417. The Hall–Kier alpha value is -3.19. The van der Waals surface area contributed by atoms with Crippen LogP contribution < -0.4 is 4.74 Å². The maximum absolute atomic E-state index is 10.2. The maximum Gasteiger partial charge on any atom is 0.228 e. The summed E-state index contributed by atoms with van der Waals surface area (Å²) in [7, 11) is 1.50. The minimum atomic E-state index is 0.0417. The molecule has 2 aromatic heterocycles. The number of rotatable bonds is 4. The Bertz CT molecular complexity index is 1100. The Balaban J connectivity index is 1.59. The summed E-state index contributed by atoms with van der Waals surface area (Å²) in [6, 6.07) is 14.5. The normalized spacial score (nSPS) is 11.3. The van der Waals surface area contributed by atoms with Crippen LogP contribution in [-0.4, -0.2) is 28.4 Å². The van der Waals surface area contributed by atoms with Crippen LogP contribution in [0.5, 0.6) is 11.5 Å². The molecule has 2 aromatic carbocycles. The second-order valence-corrected chi connectivity index (χ2v) is 6.61. The second-order valence-electron chi connectivity index (χ2n) is 5.70. The van der Waals surface area contributed by atoms with E-state index in [1.807, 2.05) is 30.3 Å². The van der Waals surface area contributed by atoms with Crippen molar-refractivity contribution in [2.75, 3.05) is 7.11 Å². The summed E-state index contributed by atoms with van der Waals surface area (Å²) in [6.45, 7) is 0. The predicted octanol–water partition coefficient (Wildman–Crippen LogP) is 5.12. The number of halogens is 1. The number of fused-ring (bicyclic) bond motifs is 1. The van der Waals surface area contributed by atoms with Gasteiger partial charge in [-0.1, -0.05) is 15.9 Å². The third kappa shape index (κ3) is 3.54. The highest BCUT2D eigenvalue weighted by Crippen LogP contribution is 2.33. The van der Waals surface area contributed by atoms with Gasteiger partial charge in [-0.3, -0.25) is 4.99 Å². The molecule has 1 N–H and O–H groups in total. The van der Waals surface area contributed by atoms with E-state index in [1.165, 1.54) is 7.11 Å². The lowest BCUT2D eigenvalue weighted by molar-refractivity contribution is 0.373. The van der Waals surface area contributed by atoms with Crippen molar-refractivity contribution in [1.29, 1.82) is 0 Å². The molecule has 0 aliphatic rings. The number of methoxy groups -OCH3 is 1. The van der Waals surface area contributed by atoms with E-state index in [4.69, 9.17) is 9.15 Å². The average molecular weight is 424 g/mol. The zero-order chi connectivity index (χ0) is 18.8. The van der Waals surface area contributed by atoms with Crippen LogP contribution in [0.4, 0.5) is 5.69 Å². The lowest BCUT2D eigenvalue weighted by Crippen LogP contribution is -1.89. The van der Waals surface area contributed by atoms with E-state index in [9.17, 15) is 5.11 Å². The van der Waals surface area contributed by atoms with Crippen LogP contribution in [0.25, 0.3) is 22.7 Å². The van der Waals surface area contributed by atoms with Crippen molar-refractivity contribution >= 4 is 39.1 Å². The van der Waals surface area contributed by atoms with Gasteiger partial charge in [-0.15, -0.1) is 0 Å². The van der Waals surface area contributed by atoms with E-state index in [2.05, 4.69) is 30.9 Å². The molecule has 27 heavy (non-hydrogen) atoms. The van der Waals surface area contributed by atoms with Crippen molar-refractivity contribution in [3.63, 3.8) is 0 Å². The summed E-state index contributed by atoms with van der Waals surface area (Å²) < 4.78 is 11.6. The molecule has 0 amide bonds. The van der Waals surface area contributed by atoms with Gasteiger partial charge in [-0.2, -0.15) is 4.98 Å². The number of aromatic hydroxyl groups is 1. The molecule has 6 nitrogen and oxygen atoms in total. The maximum atomic E-state index is 10.2. The fourth-order valence-corrected chi connectivity index (χ4v) is 3.03. The molecule has 7 heteroatoms. The standard InChI is InChI=1S/C20H14BrN3O3/c1-26-17-10-14(21)9-13(18(17)25)11-23-15-6-4-12(5-7-15)20-24-19-16(27-20)3-2-8-22-19/h2-11,25H,1H3. The molecule has 0 saturated heterocycles. The number of oxazole rings is 1. The lowest BCUT2D eigenvalue weighted by atomic mass is 10.2. The van der Waals surface area contributed by atoms with Gasteiger partial charge in [0, 0.05) is 28.0 Å². The minimum Gasteiger partial charge on any atom is -0.504 e. The van der Waals surface area contributed by atoms with Gasteiger partial charge >= 0.3 is 0 Å². The van der Waals surface area contributed by atoms with Crippen molar-refractivity contribution in [2.45, 2.75) is 0 Å². The number of phenolic OH excluding ortho intramolecular Hbond substituents is 1. The number of pyridine rings is 1. The number of hydrogen-bond acceptors (Lipinski definition) is 6. The smallest absolute Gasteiger partial charge is 0.228 e. The van der Waals surface area contributed by atoms with Gasteiger partial charge in [0.2, 0.25) is 5.89 Å². The number of nitrogens with zero attached hydrogens (tertiary/aromatic N) is 3. The van der Waals surface area contributed by atoms with E-state index in [1.54, 1.807) is 30.6 Å². The van der Waals surface area contributed by atoms with Gasteiger partial charge < -0.3 is 14.3 Å². The molecule has 0 aliphatic carbocycles. The Morgan fingerprint density at radius 1 is 1.19 bits per heavy atom. The molecular weight excluding hydrogens is 410 g/mol. The molecule has 0 spiro atoms. The number of ether oxygens (including phenoxy) is 1. The van der Waals surface area contributed by atoms with Crippen LogP contribution in [0, 0.1) is 0 Å². The molecule has 0 bridgehead atoms.